The van der Waals surface area contributed by atoms with Gasteiger partial charge in [-0.2, -0.15) is 25.3 Å². The molecule has 0 bridgehead atoms. The standard InChI is InChI=1S/C5H10O4S2/c6-4(7,2-10)1-5(8,9)3-11/h6-11H,2-3H2. The monoisotopic (exact) mass is 198 g/mol. The normalized spacial score (nSPS) is 13.6. The van der Waals surface area contributed by atoms with Gasteiger partial charge >= 0.3 is 0 Å². The molecule has 0 atom stereocenters. The molecular formula is C5H10O4S2. The van der Waals surface area contributed by atoms with Crippen LogP contribution in [0.1, 0.15) is 0 Å². The summed E-state index contributed by atoms with van der Waals surface area (Å²) in [4.78, 5) is 0. The van der Waals surface area contributed by atoms with Gasteiger partial charge in [0.05, 0.1) is 0 Å². The van der Waals surface area contributed by atoms with Crippen LogP contribution in [0.2, 0.25) is 0 Å². The van der Waals surface area contributed by atoms with Crippen LogP contribution in [0, 0.1) is 6.42 Å². The third-order valence-corrected chi connectivity index (χ3v) is 1.72. The van der Waals surface area contributed by atoms with Crippen molar-refractivity contribution in [1.29, 1.82) is 0 Å². The van der Waals surface area contributed by atoms with Gasteiger partial charge in [-0.1, -0.05) is 0 Å². The first-order valence-corrected chi connectivity index (χ1v) is 4.00. The maximum Gasteiger partial charge on any atom is 0.184 e. The summed E-state index contributed by atoms with van der Waals surface area (Å²) in [5.41, 5.74) is 0. The lowest BCUT2D eigenvalue weighted by Crippen LogP contribution is -2.44. The molecule has 0 heterocycles. The highest BCUT2D eigenvalue weighted by molar-refractivity contribution is 7.80. The Bertz CT molecular complexity index is 112. The molecule has 0 unspecified atom stereocenters. The molecule has 0 fully saturated rings. The molecule has 0 aromatic carbocycles. The molecule has 4 N–H and O–H groups in total. The van der Waals surface area contributed by atoms with E-state index in [-0.39, 0.29) is 11.5 Å². The molecule has 0 spiro atoms. The lowest BCUT2D eigenvalue weighted by Gasteiger charge is -2.26. The van der Waals surface area contributed by atoms with Crippen LogP contribution in [0.25, 0.3) is 0 Å². The van der Waals surface area contributed by atoms with Gasteiger partial charge in [-0.25, -0.2) is 0 Å². The van der Waals surface area contributed by atoms with Gasteiger partial charge in [0.15, 0.2) is 11.6 Å². The topological polar surface area (TPSA) is 80.9 Å². The zero-order valence-corrected chi connectivity index (χ0v) is 7.39. The van der Waals surface area contributed by atoms with E-state index in [1.165, 1.54) is 0 Å². The highest BCUT2D eigenvalue weighted by Crippen LogP contribution is 2.17. The van der Waals surface area contributed by atoms with Gasteiger partial charge in [0.1, 0.15) is 6.42 Å². The number of thiol groups is 2. The third-order valence-electron chi connectivity index (χ3n) is 0.841. The van der Waals surface area contributed by atoms with Crippen LogP contribution in [0.4, 0.5) is 0 Å². The highest BCUT2D eigenvalue weighted by Gasteiger charge is 2.35. The van der Waals surface area contributed by atoms with E-state index in [1.807, 2.05) is 0 Å². The Morgan fingerprint density at radius 1 is 0.909 bits per heavy atom. The summed E-state index contributed by atoms with van der Waals surface area (Å²) in [6, 6.07) is 0. The van der Waals surface area contributed by atoms with Crippen LogP contribution in [0.15, 0.2) is 0 Å². The number of hydrogen-bond acceptors (Lipinski definition) is 6. The smallest absolute Gasteiger partial charge is 0.184 e. The summed E-state index contributed by atoms with van der Waals surface area (Å²) >= 11 is 7.08. The highest BCUT2D eigenvalue weighted by atomic mass is 32.1. The fraction of sp³-hybridized carbons (Fsp3) is 0.800. The molecule has 0 aliphatic carbocycles. The van der Waals surface area contributed by atoms with Crippen molar-refractivity contribution in [2.75, 3.05) is 11.5 Å². The minimum Gasteiger partial charge on any atom is -0.364 e. The van der Waals surface area contributed by atoms with Crippen molar-refractivity contribution in [2.45, 2.75) is 11.6 Å². The van der Waals surface area contributed by atoms with Crippen LogP contribution in [-0.2, 0) is 0 Å². The summed E-state index contributed by atoms with van der Waals surface area (Å²) in [5.74, 6) is -5.56. The predicted octanol–water partition coefficient (Wildman–Crippen LogP) is -1.71. The molecule has 0 amide bonds. The van der Waals surface area contributed by atoms with E-state index >= 15 is 0 Å². The zero-order valence-electron chi connectivity index (χ0n) is 5.60. The minimum absolute atomic E-state index is 0.371. The van der Waals surface area contributed by atoms with Gasteiger partial charge in [0.25, 0.3) is 0 Å². The molecule has 4 nitrogen and oxygen atoms in total. The number of hydrogen-bond donors (Lipinski definition) is 6. The summed E-state index contributed by atoms with van der Waals surface area (Å²) < 4.78 is 0. The fourth-order valence-electron chi connectivity index (χ4n) is 0.400. The van der Waals surface area contributed by atoms with Crippen molar-refractivity contribution in [3.63, 3.8) is 0 Å². The van der Waals surface area contributed by atoms with E-state index in [2.05, 4.69) is 25.3 Å². The quantitative estimate of drug-likeness (QED) is 0.240. The largest absolute Gasteiger partial charge is 0.364 e. The first kappa shape index (κ1) is 11.5. The first-order chi connectivity index (χ1) is 4.83. The molecule has 0 saturated heterocycles. The van der Waals surface area contributed by atoms with Crippen molar-refractivity contribution in [1.82, 2.24) is 0 Å². The first-order valence-electron chi connectivity index (χ1n) is 2.73. The van der Waals surface area contributed by atoms with Gasteiger partial charge in [0, 0.05) is 11.5 Å². The summed E-state index contributed by atoms with van der Waals surface area (Å²) in [7, 11) is 0. The van der Waals surface area contributed by atoms with E-state index in [9.17, 15) is 0 Å². The zero-order chi connectivity index (χ0) is 9.12. The Kier molecular flexibility index (Phi) is 4.17. The molecule has 0 aromatic heterocycles. The summed E-state index contributed by atoms with van der Waals surface area (Å²) in [5, 5.41) is 35.2. The molecular weight excluding hydrogens is 188 g/mol. The molecule has 0 saturated carbocycles. The second-order valence-electron chi connectivity index (χ2n) is 2.07. The maximum atomic E-state index is 8.80. The van der Waals surface area contributed by atoms with Gasteiger partial charge < -0.3 is 20.4 Å². The predicted molar refractivity (Wildman–Crippen MR) is 45.3 cm³/mol. The second kappa shape index (κ2) is 3.97. The van der Waals surface area contributed by atoms with Gasteiger partial charge in [-0.05, 0) is 0 Å². The third kappa shape index (κ3) is 4.89. The second-order valence-corrected chi connectivity index (χ2v) is 2.71. The van der Waals surface area contributed by atoms with Crippen LogP contribution < -0.4 is 0 Å². The van der Waals surface area contributed by atoms with Crippen molar-refractivity contribution < 1.29 is 20.4 Å². The van der Waals surface area contributed by atoms with Crippen molar-refractivity contribution in [3.8, 4) is 0 Å². The Morgan fingerprint density at radius 3 is 1.36 bits per heavy atom. The van der Waals surface area contributed by atoms with E-state index in [4.69, 9.17) is 20.4 Å². The Morgan fingerprint density at radius 2 is 1.18 bits per heavy atom. The van der Waals surface area contributed by atoms with Gasteiger partial charge in [-0.15, -0.1) is 0 Å². The molecule has 0 aliphatic heterocycles. The number of rotatable bonds is 4. The summed E-state index contributed by atoms with van der Waals surface area (Å²) in [6.07, 6.45) is 1.70. The van der Waals surface area contributed by atoms with Crippen molar-refractivity contribution in [2.24, 2.45) is 0 Å². The maximum absolute atomic E-state index is 8.80. The van der Waals surface area contributed by atoms with Gasteiger partial charge in [0.2, 0.25) is 0 Å². The van der Waals surface area contributed by atoms with Gasteiger partial charge in [-0.3, -0.25) is 0 Å². The van der Waals surface area contributed by atoms with Crippen LogP contribution in [0.5, 0.6) is 0 Å². The average molecular weight is 198 g/mol. The van der Waals surface area contributed by atoms with Crippen LogP contribution >= 0.6 is 25.3 Å². The molecule has 66 valence electrons. The van der Waals surface area contributed by atoms with Crippen molar-refractivity contribution >= 4 is 25.3 Å². The van der Waals surface area contributed by atoms with Crippen molar-refractivity contribution in [3.05, 3.63) is 6.42 Å². The Balaban J connectivity index is 4.02. The number of aliphatic hydroxyl groups is 4. The Labute approximate surface area is 75.7 Å². The summed E-state index contributed by atoms with van der Waals surface area (Å²) in [6.45, 7) is 0. The fourth-order valence-corrected chi connectivity index (χ4v) is 0.558. The molecule has 0 aliphatic rings. The van der Waals surface area contributed by atoms with E-state index in [0.29, 0.717) is 0 Å². The lowest BCUT2D eigenvalue weighted by atomic mass is 10.1. The van der Waals surface area contributed by atoms with E-state index in [0.717, 1.165) is 0 Å². The molecule has 6 heteroatoms. The lowest BCUT2D eigenvalue weighted by molar-refractivity contribution is -0.184. The molecule has 0 aromatic rings. The minimum atomic E-state index is -2.41. The SMILES string of the molecule is OC(O)([C]C(O)(O)CS)CS. The van der Waals surface area contributed by atoms with Crippen LogP contribution in [-0.4, -0.2) is 43.5 Å². The van der Waals surface area contributed by atoms with E-state index in [1.54, 1.807) is 6.42 Å². The van der Waals surface area contributed by atoms with E-state index < -0.39 is 11.6 Å². The molecule has 11 heavy (non-hydrogen) atoms. The average Bonchev–Trinajstić information content (AvgIpc) is 1.86. The Hall–Kier alpha value is 0.540. The molecule has 0 rings (SSSR count). The van der Waals surface area contributed by atoms with Crippen LogP contribution in [0.3, 0.4) is 0 Å². The molecule has 2 radical (unpaired) electrons.